The van der Waals surface area contributed by atoms with Crippen LogP contribution in [0.4, 0.5) is 13.2 Å². The molecule has 19 heavy (non-hydrogen) atoms. The SMILES string of the molecule is CC(C)c1ccc(OCCCCCC(F)(F)F)cc1. The Morgan fingerprint density at radius 2 is 1.63 bits per heavy atom. The Labute approximate surface area is 112 Å². The first kappa shape index (κ1) is 15.9. The first-order valence-electron chi connectivity index (χ1n) is 6.68. The first-order valence-corrected chi connectivity index (χ1v) is 6.68. The molecule has 0 radical (unpaired) electrons. The Morgan fingerprint density at radius 3 is 2.16 bits per heavy atom. The molecule has 1 aromatic rings. The zero-order valence-electron chi connectivity index (χ0n) is 11.5. The second-order valence-corrected chi connectivity index (χ2v) is 5.00. The van der Waals surface area contributed by atoms with Crippen LogP contribution < -0.4 is 4.74 Å². The lowest BCUT2D eigenvalue weighted by Crippen LogP contribution is -2.06. The van der Waals surface area contributed by atoms with Crippen LogP contribution in [-0.4, -0.2) is 12.8 Å². The second kappa shape index (κ2) is 7.41. The molecule has 0 bridgehead atoms. The van der Waals surface area contributed by atoms with Crippen molar-refractivity contribution >= 4 is 0 Å². The summed E-state index contributed by atoms with van der Waals surface area (Å²) in [6, 6.07) is 7.85. The fraction of sp³-hybridized carbons (Fsp3) is 0.600. The predicted octanol–water partition coefficient (Wildman–Crippen LogP) is 5.31. The van der Waals surface area contributed by atoms with Crippen LogP contribution in [0.3, 0.4) is 0 Å². The largest absolute Gasteiger partial charge is 0.494 e. The van der Waals surface area contributed by atoms with Crippen molar-refractivity contribution in [1.29, 1.82) is 0 Å². The van der Waals surface area contributed by atoms with Crippen molar-refractivity contribution in [3.8, 4) is 5.75 Å². The van der Waals surface area contributed by atoms with Gasteiger partial charge in [0.05, 0.1) is 6.61 Å². The van der Waals surface area contributed by atoms with Crippen molar-refractivity contribution < 1.29 is 17.9 Å². The van der Waals surface area contributed by atoms with Crippen LogP contribution in [0.5, 0.6) is 5.75 Å². The highest BCUT2D eigenvalue weighted by molar-refractivity contribution is 5.28. The van der Waals surface area contributed by atoms with Gasteiger partial charge in [0, 0.05) is 6.42 Å². The molecular weight excluding hydrogens is 253 g/mol. The van der Waals surface area contributed by atoms with E-state index in [0.29, 0.717) is 25.4 Å². The molecule has 0 unspecified atom stereocenters. The molecule has 108 valence electrons. The van der Waals surface area contributed by atoms with Crippen LogP contribution in [0.15, 0.2) is 24.3 Å². The van der Waals surface area contributed by atoms with E-state index in [1.165, 1.54) is 5.56 Å². The Morgan fingerprint density at radius 1 is 1.00 bits per heavy atom. The highest BCUT2D eigenvalue weighted by Gasteiger charge is 2.25. The van der Waals surface area contributed by atoms with Crippen LogP contribution in [0, 0.1) is 0 Å². The molecule has 0 aromatic heterocycles. The van der Waals surface area contributed by atoms with Crippen molar-refractivity contribution in [2.45, 2.75) is 51.6 Å². The van der Waals surface area contributed by atoms with Crippen LogP contribution in [-0.2, 0) is 0 Å². The van der Waals surface area contributed by atoms with E-state index in [1.54, 1.807) is 0 Å². The quantitative estimate of drug-likeness (QED) is 0.612. The summed E-state index contributed by atoms with van der Waals surface area (Å²) in [6.45, 7) is 4.71. The van der Waals surface area contributed by atoms with Crippen molar-refractivity contribution in [3.63, 3.8) is 0 Å². The lowest BCUT2D eigenvalue weighted by Gasteiger charge is -2.09. The molecule has 1 aromatic carbocycles. The number of hydrogen-bond acceptors (Lipinski definition) is 1. The minimum Gasteiger partial charge on any atom is -0.494 e. The lowest BCUT2D eigenvalue weighted by atomic mass is 10.0. The van der Waals surface area contributed by atoms with Gasteiger partial charge in [-0.1, -0.05) is 26.0 Å². The van der Waals surface area contributed by atoms with Crippen LogP contribution in [0.25, 0.3) is 0 Å². The minimum absolute atomic E-state index is 0.180. The monoisotopic (exact) mass is 274 g/mol. The summed E-state index contributed by atoms with van der Waals surface area (Å²) in [7, 11) is 0. The lowest BCUT2D eigenvalue weighted by molar-refractivity contribution is -0.135. The number of hydrogen-bond donors (Lipinski definition) is 0. The average molecular weight is 274 g/mol. The van der Waals surface area contributed by atoms with E-state index in [2.05, 4.69) is 13.8 Å². The van der Waals surface area contributed by atoms with Gasteiger partial charge in [-0.25, -0.2) is 0 Å². The molecule has 0 N–H and O–H groups in total. The Balaban J connectivity index is 2.16. The normalized spacial score (nSPS) is 11.9. The summed E-state index contributed by atoms with van der Waals surface area (Å²) in [6.07, 6.45) is -3.35. The molecule has 1 nitrogen and oxygen atoms in total. The predicted molar refractivity (Wildman–Crippen MR) is 70.5 cm³/mol. The summed E-state index contributed by atoms with van der Waals surface area (Å²) in [5.41, 5.74) is 1.25. The molecule has 0 spiro atoms. The summed E-state index contributed by atoms with van der Waals surface area (Å²) in [4.78, 5) is 0. The zero-order valence-corrected chi connectivity index (χ0v) is 11.5. The number of rotatable bonds is 7. The molecule has 0 fully saturated rings. The summed E-state index contributed by atoms with van der Waals surface area (Å²) in [5, 5.41) is 0. The van der Waals surface area contributed by atoms with E-state index < -0.39 is 12.6 Å². The van der Waals surface area contributed by atoms with Crippen molar-refractivity contribution in [3.05, 3.63) is 29.8 Å². The van der Waals surface area contributed by atoms with Gasteiger partial charge in [-0.3, -0.25) is 0 Å². The highest BCUT2D eigenvalue weighted by Crippen LogP contribution is 2.23. The van der Waals surface area contributed by atoms with Gasteiger partial charge in [-0.05, 0) is 42.9 Å². The molecule has 0 saturated heterocycles. The zero-order chi connectivity index (χ0) is 14.3. The third-order valence-corrected chi connectivity index (χ3v) is 2.92. The molecule has 1 rings (SSSR count). The maximum Gasteiger partial charge on any atom is 0.389 e. The fourth-order valence-corrected chi connectivity index (χ4v) is 1.74. The Kier molecular flexibility index (Phi) is 6.19. The first-order chi connectivity index (χ1) is 8.88. The molecule has 0 aliphatic carbocycles. The molecule has 0 aliphatic rings. The number of benzene rings is 1. The third-order valence-electron chi connectivity index (χ3n) is 2.92. The van der Waals surface area contributed by atoms with Gasteiger partial charge < -0.3 is 4.74 Å². The van der Waals surface area contributed by atoms with E-state index in [1.807, 2.05) is 24.3 Å². The molecule has 0 heterocycles. The van der Waals surface area contributed by atoms with E-state index in [-0.39, 0.29) is 6.42 Å². The standard InChI is InChI=1S/C15H21F3O/c1-12(2)13-6-8-14(9-7-13)19-11-5-3-4-10-15(16,17)18/h6-9,12H,3-5,10-11H2,1-2H3. The summed E-state index contributed by atoms with van der Waals surface area (Å²) in [5.74, 6) is 1.26. The smallest absolute Gasteiger partial charge is 0.389 e. The highest BCUT2D eigenvalue weighted by atomic mass is 19.4. The third kappa shape index (κ3) is 7.09. The molecule has 0 saturated carbocycles. The van der Waals surface area contributed by atoms with Crippen molar-refractivity contribution in [2.24, 2.45) is 0 Å². The topological polar surface area (TPSA) is 9.23 Å². The number of alkyl halides is 3. The second-order valence-electron chi connectivity index (χ2n) is 5.00. The number of ether oxygens (including phenoxy) is 1. The minimum atomic E-state index is -4.03. The van der Waals surface area contributed by atoms with Crippen molar-refractivity contribution in [1.82, 2.24) is 0 Å². The average Bonchev–Trinajstić information content (AvgIpc) is 2.33. The Bertz CT molecular complexity index is 355. The van der Waals surface area contributed by atoms with Gasteiger partial charge in [0.1, 0.15) is 5.75 Å². The fourth-order valence-electron chi connectivity index (χ4n) is 1.74. The van der Waals surface area contributed by atoms with Crippen LogP contribution >= 0.6 is 0 Å². The van der Waals surface area contributed by atoms with Crippen molar-refractivity contribution in [2.75, 3.05) is 6.61 Å². The summed E-state index contributed by atoms with van der Waals surface area (Å²) >= 11 is 0. The molecule has 0 atom stereocenters. The van der Waals surface area contributed by atoms with Gasteiger partial charge in [-0.2, -0.15) is 13.2 Å². The van der Waals surface area contributed by atoms with Gasteiger partial charge >= 0.3 is 6.18 Å². The van der Waals surface area contributed by atoms with Gasteiger partial charge in [0.2, 0.25) is 0 Å². The number of unbranched alkanes of at least 4 members (excludes halogenated alkanes) is 2. The van der Waals surface area contributed by atoms with Crippen LogP contribution in [0.2, 0.25) is 0 Å². The maximum atomic E-state index is 11.9. The van der Waals surface area contributed by atoms with E-state index in [9.17, 15) is 13.2 Å². The van der Waals surface area contributed by atoms with Gasteiger partial charge in [0.15, 0.2) is 0 Å². The maximum absolute atomic E-state index is 11.9. The molecule has 0 amide bonds. The summed E-state index contributed by atoms with van der Waals surface area (Å²) < 4.78 is 41.2. The number of halogens is 3. The molecular formula is C15H21F3O. The van der Waals surface area contributed by atoms with E-state index >= 15 is 0 Å². The molecule has 4 heteroatoms. The Hall–Kier alpha value is -1.19. The van der Waals surface area contributed by atoms with E-state index in [4.69, 9.17) is 4.74 Å². The van der Waals surface area contributed by atoms with E-state index in [0.717, 1.165) is 5.75 Å². The van der Waals surface area contributed by atoms with Gasteiger partial charge in [0.25, 0.3) is 0 Å². The van der Waals surface area contributed by atoms with Gasteiger partial charge in [-0.15, -0.1) is 0 Å². The van der Waals surface area contributed by atoms with Crippen LogP contribution in [0.1, 0.15) is 51.0 Å². The molecule has 0 aliphatic heterocycles.